The van der Waals surface area contributed by atoms with Crippen molar-refractivity contribution in [2.75, 3.05) is 0 Å². The summed E-state index contributed by atoms with van der Waals surface area (Å²) >= 11 is 4.89. The SMILES string of the molecule is N#CC1=C(N)Oc2[nH]c(=S)[nH]c(=O)c2[C@H]1c1cccc([N+](=O)[O-])c1. The van der Waals surface area contributed by atoms with Crippen LogP contribution >= 0.6 is 12.2 Å². The van der Waals surface area contributed by atoms with Crippen LogP contribution in [0.25, 0.3) is 0 Å². The zero-order valence-electron chi connectivity index (χ0n) is 11.9. The molecule has 0 fully saturated rings. The summed E-state index contributed by atoms with van der Waals surface area (Å²) in [6, 6.07) is 7.53. The van der Waals surface area contributed by atoms with Gasteiger partial charge in [0, 0.05) is 12.1 Å². The third kappa shape index (κ3) is 2.42. The van der Waals surface area contributed by atoms with Crippen LogP contribution in [0.15, 0.2) is 40.5 Å². The molecule has 0 unspecified atom stereocenters. The Kier molecular flexibility index (Phi) is 3.63. The third-order valence-corrected chi connectivity index (χ3v) is 3.74. The fourth-order valence-corrected chi connectivity index (χ4v) is 2.73. The number of hydrogen-bond donors (Lipinski definition) is 3. The van der Waals surface area contributed by atoms with Gasteiger partial charge in [0.25, 0.3) is 11.2 Å². The number of ether oxygens (including phenoxy) is 1. The highest BCUT2D eigenvalue weighted by Gasteiger charge is 2.34. The van der Waals surface area contributed by atoms with Gasteiger partial charge < -0.3 is 15.5 Å². The van der Waals surface area contributed by atoms with Crippen molar-refractivity contribution in [2.24, 2.45) is 5.73 Å². The summed E-state index contributed by atoms with van der Waals surface area (Å²) in [5, 5.41) is 20.4. The molecule has 0 amide bonds. The molecule has 0 spiro atoms. The first-order chi connectivity index (χ1) is 11.4. The van der Waals surface area contributed by atoms with E-state index < -0.39 is 16.4 Å². The van der Waals surface area contributed by atoms with E-state index in [0.717, 1.165) is 0 Å². The first-order valence-corrected chi connectivity index (χ1v) is 7.01. The molecule has 1 aliphatic heterocycles. The van der Waals surface area contributed by atoms with Gasteiger partial charge in [-0.3, -0.25) is 19.9 Å². The van der Waals surface area contributed by atoms with Crippen molar-refractivity contribution in [1.82, 2.24) is 9.97 Å². The van der Waals surface area contributed by atoms with Crippen LogP contribution in [-0.4, -0.2) is 14.9 Å². The number of nitrogens with zero attached hydrogens (tertiary/aromatic N) is 2. The summed E-state index contributed by atoms with van der Waals surface area (Å²) in [5.74, 6) is -1.09. The summed E-state index contributed by atoms with van der Waals surface area (Å²) in [7, 11) is 0. The first kappa shape index (κ1) is 15.4. The molecule has 1 atom stereocenters. The highest BCUT2D eigenvalue weighted by Crippen LogP contribution is 2.39. The van der Waals surface area contributed by atoms with Gasteiger partial charge in [0.2, 0.25) is 11.8 Å². The predicted octanol–water partition coefficient (Wildman–Crippen LogP) is 1.56. The number of aromatic nitrogens is 2. The predicted molar refractivity (Wildman–Crippen MR) is 84.6 cm³/mol. The largest absolute Gasteiger partial charge is 0.424 e. The molecule has 1 aromatic heterocycles. The van der Waals surface area contributed by atoms with Crippen molar-refractivity contribution in [3.8, 4) is 11.9 Å². The van der Waals surface area contributed by atoms with Crippen LogP contribution in [0, 0.1) is 26.2 Å². The molecule has 9 nitrogen and oxygen atoms in total. The molecule has 2 heterocycles. The van der Waals surface area contributed by atoms with E-state index in [0.29, 0.717) is 5.56 Å². The quantitative estimate of drug-likeness (QED) is 0.425. The molecular formula is C14H9N5O4S. The van der Waals surface area contributed by atoms with Gasteiger partial charge >= 0.3 is 0 Å². The average Bonchev–Trinajstić information content (AvgIpc) is 2.53. The maximum atomic E-state index is 12.3. The lowest BCUT2D eigenvalue weighted by Gasteiger charge is -2.24. The number of nitro benzene ring substituents is 1. The number of benzene rings is 1. The van der Waals surface area contributed by atoms with Crippen LogP contribution in [0.2, 0.25) is 0 Å². The fraction of sp³-hybridized carbons (Fsp3) is 0.0714. The molecule has 0 saturated carbocycles. The lowest BCUT2D eigenvalue weighted by atomic mass is 9.85. The number of nitro groups is 1. The number of nitriles is 1. The summed E-state index contributed by atoms with van der Waals surface area (Å²) in [4.78, 5) is 27.8. The number of nitrogens with one attached hydrogen (secondary N) is 2. The molecule has 120 valence electrons. The number of fused-ring (bicyclic) bond motifs is 1. The van der Waals surface area contributed by atoms with Gasteiger partial charge in [-0.2, -0.15) is 5.26 Å². The molecule has 1 aliphatic rings. The van der Waals surface area contributed by atoms with E-state index in [-0.39, 0.29) is 33.4 Å². The van der Waals surface area contributed by atoms with Gasteiger partial charge in [-0.05, 0) is 17.8 Å². The highest BCUT2D eigenvalue weighted by atomic mass is 32.1. The van der Waals surface area contributed by atoms with Crippen LogP contribution in [0.1, 0.15) is 17.0 Å². The molecule has 0 aliphatic carbocycles. The van der Waals surface area contributed by atoms with Gasteiger partial charge in [-0.25, -0.2) is 0 Å². The van der Waals surface area contributed by atoms with Gasteiger partial charge in [0.1, 0.15) is 11.6 Å². The lowest BCUT2D eigenvalue weighted by molar-refractivity contribution is -0.384. The number of aromatic amines is 2. The molecule has 24 heavy (non-hydrogen) atoms. The molecule has 2 aromatic rings. The zero-order chi connectivity index (χ0) is 17.4. The summed E-state index contributed by atoms with van der Waals surface area (Å²) in [6.45, 7) is 0. The summed E-state index contributed by atoms with van der Waals surface area (Å²) in [6.07, 6.45) is 0. The Morgan fingerprint density at radius 1 is 1.42 bits per heavy atom. The lowest BCUT2D eigenvalue weighted by Crippen LogP contribution is -2.28. The van der Waals surface area contributed by atoms with Gasteiger partial charge in [0.15, 0.2) is 4.77 Å². The number of rotatable bonds is 2. The summed E-state index contributed by atoms with van der Waals surface area (Å²) < 4.78 is 5.32. The molecular weight excluding hydrogens is 334 g/mol. The second-order valence-corrected chi connectivity index (χ2v) is 5.34. The highest BCUT2D eigenvalue weighted by molar-refractivity contribution is 7.71. The molecule has 0 saturated heterocycles. The van der Waals surface area contributed by atoms with E-state index in [4.69, 9.17) is 22.7 Å². The van der Waals surface area contributed by atoms with Crippen LogP contribution in [-0.2, 0) is 0 Å². The second-order valence-electron chi connectivity index (χ2n) is 4.93. The Morgan fingerprint density at radius 2 is 2.17 bits per heavy atom. The third-order valence-electron chi connectivity index (χ3n) is 3.53. The Hall–Kier alpha value is -3.45. The van der Waals surface area contributed by atoms with E-state index in [1.807, 2.05) is 6.07 Å². The van der Waals surface area contributed by atoms with Crippen molar-refractivity contribution >= 4 is 17.9 Å². The van der Waals surface area contributed by atoms with E-state index in [1.54, 1.807) is 6.07 Å². The number of allylic oxidation sites excluding steroid dienone is 1. The van der Waals surface area contributed by atoms with Gasteiger partial charge in [-0.1, -0.05) is 12.1 Å². The zero-order valence-corrected chi connectivity index (χ0v) is 12.7. The fourth-order valence-electron chi connectivity index (χ4n) is 2.54. The minimum atomic E-state index is -0.908. The molecule has 1 aromatic carbocycles. The van der Waals surface area contributed by atoms with Crippen molar-refractivity contribution in [1.29, 1.82) is 5.26 Å². The number of H-pyrrole nitrogens is 2. The maximum Gasteiger partial charge on any atom is 0.269 e. The molecule has 4 N–H and O–H groups in total. The summed E-state index contributed by atoms with van der Waals surface area (Å²) in [5.41, 5.74) is 5.46. The van der Waals surface area contributed by atoms with Crippen molar-refractivity contribution in [2.45, 2.75) is 5.92 Å². The molecule has 3 rings (SSSR count). The normalized spacial score (nSPS) is 16.0. The minimum absolute atomic E-state index is 0.0109. The average molecular weight is 343 g/mol. The van der Waals surface area contributed by atoms with Crippen LogP contribution in [0.5, 0.6) is 5.88 Å². The van der Waals surface area contributed by atoms with Crippen LogP contribution < -0.4 is 16.0 Å². The van der Waals surface area contributed by atoms with Crippen LogP contribution in [0.3, 0.4) is 0 Å². The van der Waals surface area contributed by atoms with Gasteiger partial charge in [0.05, 0.1) is 16.4 Å². The van der Waals surface area contributed by atoms with Crippen molar-refractivity contribution in [3.63, 3.8) is 0 Å². The minimum Gasteiger partial charge on any atom is -0.424 e. The molecule has 10 heteroatoms. The van der Waals surface area contributed by atoms with Gasteiger partial charge in [-0.15, -0.1) is 0 Å². The monoisotopic (exact) mass is 343 g/mol. The Bertz CT molecular complexity index is 1050. The number of non-ortho nitro benzene ring substituents is 1. The second kappa shape index (κ2) is 5.64. The maximum absolute atomic E-state index is 12.3. The van der Waals surface area contributed by atoms with E-state index in [2.05, 4.69) is 9.97 Å². The first-order valence-electron chi connectivity index (χ1n) is 6.60. The molecule has 0 bridgehead atoms. The Morgan fingerprint density at radius 3 is 2.83 bits per heavy atom. The van der Waals surface area contributed by atoms with E-state index in [9.17, 15) is 20.2 Å². The topological polar surface area (TPSA) is 151 Å². The van der Waals surface area contributed by atoms with E-state index >= 15 is 0 Å². The van der Waals surface area contributed by atoms with Crippen molar-refractivity contribution in [3.05, 3.63) is 72.1 Å². The standard InChI is InChI=1S/C14H9N5O4S/c15-5-8-9(6-2-1-3-7(4-6)19(21)22)10-12(20)17-14(24)18-13(10)23-11(8)16/h1-4,9H,16H2,(H2,17,18,20,24)/t9-/m0/s1. The molecule has 0 radical (unpaired) electrons. The Balaban J connectivity index is 2.32. The number of nitrogens with two attached hydrogens (primary N) is 1. The smallest absolute Gasteiger partial charge is 0.269 e. The van der Waals surface area contributed by atoms with Crippen molar-refractivity contribution < 1.29 is 9.66 Å². The number of hydrogen-bond acceptors (Lipinski definition) is 7. The van der Waals surface area contributed by atoms with E-state index in [1.165, 1.54) is 18.2 Å². The van der Waals surface area contributed by atoms with Crippen LogP contribution in [0.4, 0.5) is 5.69 Å². The Labute approximate surface area is 139 Å².